The smallest absolute Gasteiger partial charge is 0.384 e. The first kappa shape index (κ1) is 21.2. The number of nitrogens with two attached hydrogens (primary N) is 1. The summed E-state index contributed by atoms with van der Waals surface area (Å²) in [6.45, 7) is 3.85. The normalized spacial score (nSPS) is 19.5. The quantitative estimate of drug-likeness (QED) is 0.648. The molecule has 160 valence electrons. The van der Waals surface area contributed by atoms with Crippen molar-refractivity contribution in [2.45, 2.75) is 45.2 Å². The minimum absolute atomic E-state index is 0.0547. The molecule has 1 aliphatic heterocycles. The van der Waals surface area contributed by atoms with E-state index in [-0.39, 0.29) is 22.9 Å². The Kier molecular flexibility index (Phi) is 5.18. The number of benzene rings is 1. The van der Waals surface area contributed by atoms with E-state index in [1.807, 2.05) is 19.9 Å². The molecule has 8 heteroatoms. The van der Waals surface area contributed by atoms with Crippen LogP contribution in [0.3, 0.4) is 0 Å². The number of nitriles is 1. The van der Waals surface area contributed by atoms with Crippen molar-refractivity contribution < 1.29 is 18.0 Å². The highest BCUT2D eigenvalue weighted by molar-refractivity contribution is 7.12. The molecule has 0 radical (unpaired) electrons. The van der Waals surface area contributed by atoms with E-state index >= 15 is 0 Å². The molecule has 4 nitrogen and oxygen atoms in total. The van der Waals surface area contributed by atoms with Crippen LogP contribution < -0.4 is 10.6 Å². The minimum atomic E-state index is -4.61. The minimum Gasteiger partial charge on any atom is -0.384 e. The molecule has 2 heterocycles. The van der Waals surface area contributed by atoms with Gasteiger partial charge in [0.2, 0.25) is 0 Å². The third kappa shape index (κ3) is 3.43. The van der Waals surface area contributed by atoms with Crippen molar-refractivity contribution in [3.63, 3.8) is 0 Å². The number of ketones is 1. The van der Waals surface area contributed by atoms with Crippen molar-refractivity contribution in [2.24, 2.45) is 5.73 Å². The van der Waals surface area contributed by atoms with Gasteiger partial charge in [0, 0.05) is 27.4 Å². The zero-order valence-electron chi connectivity index (χ0n) is 17.0. The van der Waals surface area contributed by atoms with E-state index in [0.29, 0.717) is 30.5 Å². The van der Waals surface area contributed by atoms with Crippen LogP contribution in [0.25, 0.3) is 0 Å². The first-order chi connectivity index (χ1) is 14.6. The fraction of sp³-hybridized carbons (Fsp3) is 0.304. The number of para-hydroxylation sites is 1. The number of allylic oxidation sites excluding steroid dienone is 3. The Morgan fingerprint density at radius 1 is 1.23 bits per heavy atom. The average molecular weight is 443 g/mol. The number of carbonyl (C=O) groups excluding carboxylic acids is 1. The van der Waals surface area contributed by atoms with Crippen molar-refractivity contribution in [3.05, 3.63) is 73.9 Å². The Balaban J connectivity index is 2.03. The van der Waals surface area contributed by atoms with Gasteiger partial charge in [-0.1, -0.05) is 12.1 Å². The van der Waals surface area contributed by atoms with Crippen molar-refractivity contribution in [2.75, 3.05) is 4.90 Å². The third-order valence-corrected chi connectivity index (χ3v) is 6.74. The first-order valence-electron chi connectivity index (χ1n) is 9.84. The lowest BCUT2D eigenvalue weighted by Gasteiger charge is -2.40. The van der Waals surface area contributed by atoms with E-state index < -0.39 is 17.7 Å². The van der Waals surface area contributed by atoms with E-state index in [2.05, 4.69) is 6.07 Å². The van der Waals surface area contributed by atoms with Gasteiger partial charge in [0.1, 0.15) is 5.82 Å². The molecule has 2 N–H and O–H groups in total. The molecule has 1 atom stereocenters. The standard InChI is InChI=1S/C23H20F3N3OS/c1-12-10-14(13(2)31-12)20-15(11-27)22(28)29(18-8-5-9-19(30)21(18)20)17-7-4-3-6-16(17)23(24,25)26/h3-4,6-7,10,20H,5,8-9,28H2,1-2H3/t20-/m1/s1. The van der Waals surface area contributed by atoms with Gasteiger partial charge in [-0.2, -0.15) is 18.4 Å². The summed E-state index contributed by atoms with van der Waals surface area (Å²) in [6, 6.07) is 9.15. The van der Waals surface area contributed by atoms with Crippen molar-refractivity contribution >= 4 is 22.8 Å². The Bertz CT molecular complexity index is 1180. The molecule has 1 aromatic carbocycles. The van der Waals surface area contributed by atoms with Crippen LogP contribution in [0, 0.1) is 25.2 Å². The Labute approximate surface area is 182 Å². The van der Waals surface area contributed by atoms with Crippen molar-refractivity contribution in [1.29, 1.82) is 5.26 Å². The molecule has 0 saturated heterocycles. The number of anilines is 1. The molecule has 0 fully saturated rings. The maximum Gasteiger partial charge on any atom is 0.418 e. The van der Waals surface area contributed by atoms with Gasteiger partial charge >= 0.3 is 6.18 Å². The van der Waals surface area contributed by atoms with Crippen LogP contribution in [-0.2, 0) is 11.0 Å². The van der Waals surface area contributed by atoms with E-state index in [1.165, 1.54) is 23.1 Å². The van der Waals surface area contributed by atoms with Gasteiger partial charge < -0.3 is 5.73 Å². The van der Waals surface area contributed by atoms with E-state index in [9.17, 15) is 23.2 Å². The zero-order valence-corrected chi connectivity index (χ0v) is 17.8. The van der Waals surface area contributed by atoms with Crippen LogP contribution in [-0.4, -0.2) is 5.78 Å². The molecule has 1 aromatic heterocycles. The summed E-state index contributed by atoms with van der Waals surface area (Å²) >= 11 is 1.55. The van der Waals surface area contributed by atoms with Crippen LogP contribution in [0.15, 0.2) is 53.0 Å². The van der Waals surface area contributed by atoms with Gasteiger partial charge in [-0.05, 0) is 50.5 Å². The van der Waals surface area contributed by atoms with Gasteiger partial charge in [-0.3, -0.25) is 9.69 Å². The second-order valence-corrected chi connectivity index (χ2v) is 9.16. The summed E-state index contributed by atoms with van der Waals surface area (Å²) in [5.41, 5.74) is 7.12. The molecule has 0 unspecified atom stereocenters. The Hall–Kier alpha value is -3.05. The molecule has 0 bridgehead atoms. The van der Waals surface area contributed by atoms with Gasteiger partial charge in [-0.25, -0.2) is 0 Å². The Morgan fingerprint density at radius 3 is 2.55 bits per heavy atom. The van der Waals surface area contributed by atoms with E-state index in [0.717, 1.165) is 21.4 Å². The fourth-order valence-corrected chi connectivity index (χ4v) is 5.48. The van der Waals surface area contributed by atoms with Gasteiger partial charge in [-0.15, -0.1) is 11.3 Å². The molecular formula is C23H20F3N3OS. The molecule has 0 amide bonds. The van der Waals surface area contributed by atoms with Gasteiger partial charge in [0.15, 0.2) is 5.78 Å². The van der Waals surface area contributed by atoms with Gasteiger partial charge in [0.25, 0.3) is 0 Å². The predicted octanol–water partition coefficient (Wildman–Crippen LogP) is 5.69. The number of thiophene rings is 1. The number of alkyl halides is 3. The fourth-order valence-electron chi connectivity index (χ4n) is 4.52. The maximum absolute atomic E-state index is 13.8. The summed E-state index contributed by atoms with van der Waals surface area (Å²) in [6.07, 6.45) is -3.39. The molecule has 2 aromatic rings. The molecule has 2 aliphatic rings. The highest BCUT2D eigenvalue weighted by atomic mass is 32.1. The molecular weight excluding hydrogens is 423 g/mol. The van der Waals surface area contributed by atoms with Crippen LogP contribution >= 0.6 is 11.3 Å². The summed E-state index contributed by atoms with van der Waals surface area (Å²) in [5.74, 6) is -0.864. The van der Waals surface area contributed by atoms with Crippen LogP contribution in [0.5, 0.6) is 0 Å². The Morgan fingerprint density at radius 2 is 1.94 bits per heavy atom. The number of hydrogen-bond donors (Lipinski definition) is 1. The summed E-state index contributed by atoms with van der Waals surface area (Å²) in [4.78, 5) is 16.3. The van der Waals surface area contributed by atoms with E-state index in [1.54, 1.807) is 11.3 Å². The lowest BCUT2D eigenvalue weighted by molar-refractivity contribution is -0.137. The number of nitrogens with zero attached hydrogens (tertiary/aromatic N) is 2. The largest absolute Gasteiger partial charge is 0.418 e. The summed E-state index contributed by atoms with van der Waals surface area (Å²) in [5, 5.41) is 9.99. The second-order valence-electron chi connectivity index (χ2n) is 7.70. The lowest BCUT2D eigenvalue weighted by Crippen LogP contribution is -2.39. The molecule has 31 heavy (non-hydrogen) atoms. The summed E-state index contributed by atoms with van der Waals surface area (Å²) < 4.78 is 41.3. The lowest BCUT2D eigenvalue weighted by atomic mass is 9.75. The molecule has 0 saturated carbocycles. The maximum atomic E-state index is 13.8. The van der Waals surface area contributed by atoms with E-state index in [4.69, 9.17) is 5.73 Å². The highest BCUT2D eigenvalue weighted by Gasteiger charge is 2.43. The second kappa shape index (κ2) is 7.57. The SMILES string of the molecule is Cc1cc([C@@H]2C(C#N)=C(N)N(c3ccccc3C(F)(F)F)C3=C2C(=O)CCC3)c(C)s1. The number of hydrogen-bond acceptors (Lipinski definition) is 5. The highest BCUT2D eigenvalue weighted by Crippen LogP contribution is 2.49. The summed E-state index contributed by atoms with van der Waals surface area (Å²) in [7, 11) is 0. The van der Waals surface area contributed by atoms with Crippen LogP contribution in [0.1, 0.15) is 46.1 Å². The number of carbonyl (C=O) groups is 1. The van der Waals surface area contributed by atoms with Crippen molar-refractivity contribution in [3.8, 4) is 6.07 Å². The van der Waals surface area contributed by atoms with Crippen LogP contribution in [0.2, 0.25) is 0 Å². The molecule has 1 aliphatic carbocycles. The third-order valence-electron chi connectivity index (χ3n) is 5.75. The topological polar surface area (TPSA) is 70.1 Å². The number of rotatable bonds is 2. The average Bonchev–Trinajstić information content (AvgIpc) is 3.04. The van der Waals surface area contributed by atoms with Crippen LogP contribution in [0.4, 0.5) is 18.9 Å². The number of halogens is 3. The number of aryl methyl sites for hydroxylation is 2. The predicted molar refractivity (Wildman–Crippen MR) is 113 cm³/mol. The zero-order chi connectivity index (χ0) is 22.5. The van der Waals surface area contributed by atoms with Crippen molar-refractivity contribution in [1.82, 2.24) is 0 Å². The number of Topliss-reactive ketones (excluding diaryl/α,β-unsaturated/α-hetero) is 1. The monoisotopic (exact) mass is 443 g/mol. The van der Waals surface area contributed by atoms with Gasteiger partial charge in [0.05, 0.1) is 28.8 Å². The molecule has 0 spiro atoms. The first-order valence-corrected chi connectivity index (χ1v) is 10.7. The molecule has 4 rings (SSSR count).